The first-order valence-corrected chi connectivity index (χ1v) is 12.1. The van der Waals surface area contributed by atoms with Crippen molar-refractivity contribution in [2.24, 2.45) is 0 Å². The van der Waals surface area contributed by atoms with Gasteiger partial charge in [-0.3, -0.25) is 0 Å². The lowest BCUT2D eigenvalue weighted by Gasteiger charge is -2.10. The van der Waals surface area contributed by atoms with E-state index in [-0.39, 0.29) is 11.4 Å². The minimum absolute atomic E-state index is 0.173. The molecule has 5 heterocycles. The van der Waals surface area contributed by atoms with Crippen molar-refractivity contribution in [1.29, 1.82) is 0 Å². The topological polar surface area (TPSA) is 87.6 Å². The van der Waals surface area contributed by atoms with Gasteiger partial charge in [-0.2, -0.15) is 13.2 Å². The Morgan fingerprint density at radius 1 is 1.05 bits per heavy atom. The van der Waals surface area contributed by atoms with Crippen molar-refractivity contribution in [3.63, 3.8) is 0 Å². The molecular weight excluding hydrogens is 507 g/mol. The first-order chi connectivity index (χ1) is 17.8. The summed E-state index contributed by atoms with van der Waals surface area (Å²) in [6.45, 7) is 4.21. The number of halogens is 3. The SMILES string of the molecule is CCOc1ccccc1OCc1ccc(-c2nc3c4sc5nc(C(F)(F)F)cc(C)c5c4ncn3n2)o1. The van der Waals surface area contributed by atoms with Gasteiger partial charge in [-0.15, -0.1) is 16.4 Å². The molecule has 12 heteroatoms. The van der Waals surface area contributed by atoms with Crippen molar-refractivity contribution >= 4 is 37.4 Å². The van der Waals surface area contributed by atoms with Crippen molar-refractivity contribution in [3.05, 3.63) is 65.8 Å². The molecule has 188 valence electrons. The second-order valence-electron chi connectivity index (χ2n) is 8.16. The van der Waals surface area contributed by atoms with Crippen LogP contribution in [0.15, 0.2) is 53.2 Å². The van der Waals surface area contributed by atoms with Crippen molar-refractivity contribution in [2.45, 2.75) is 26.6 Å². The highest BCUT2D eigenvalue weighted by molar-refractivity contribution is 7.26. The average molecular weight is 526 g/mol. The average Bonchev–Trinajstić information content (AvgIpc) is 3.59. The Morgan fingerprint density at radius 2 is 1.84 bits per heavy atom. The van der Waals surface area contributed by atoms with Crippen molar-refractivity contribution in [2.75, 3.05) is 6.61 Å². The molecule has 1 aromatic carbocycles. The van der Waals surface area contributed by atoms with Crippen LogP contribution in [0.4, 0.5) is 13.2 Å². The number of fused-ring (bicyclic) bond motifs is 5. The summed E-state index contributed by atoms with van der Waals surface area (Å²) in [5, 5.41) is 5.02. The van der Waals surface area contributed by atoms with Gasteiger partial charge in [0.1, 0.15) is 33.9 Å². The summed E-state index contributed by atoms with van der Waals surface area (Å²) in [6.07, 6.45) is -3.05. The van der Waals surface area contributed by atoms with Crippen LogP contribution in [0.5, 0.6) is 11.5 Å². The molecule has 5 aromatic heterocycles. The fourth-order valence-electron chi connectivity index (χ4n) is 4.03. The van der Waals surface area contributed by atoms with Crippen molar-refractivity contribution < 1.29 is 27.1 Å². The number of hydrogen-bond donors (Lipinski definition) is 0. The monoisotopic (exact) mass is 525 g/mol. The summed E-state index contributed by atoms with van der Waals surface area (Å²) in [7, 11) is 0. The van der Waals surface area contributed by atoms with E-state index in [2.05, 4.69) is 20.1 Å². The quantitative estimate of drug-likeness (QED) is 0.247. The van der Waals surface area contributed by atoms with Crippen LogP contribution < -0.4 is 9.47 Å². The van der Waals surface area contributed by atoms with Gasteiger partial charge in [0.2, 0.25) is 5.82 Å². The Balaban J connectivity index is 1.33. The van der Waals surface area contributed by atoms with Crippen LogP contribution in [0, 0.1) is 6.92 Å². The standard InChI is InChI=1S/C25H18F3N5O3S/c1-3-34-15-6-4-5-7-16(15)35-11-14-8-9-17(36-14)22-31-23-21-20(29-12-33(23)32-22)19-13(2)10-18(25(26,27)28)30-24(19)37-21/h4-10,12H,3,11H2,1-2H3. The van der Waals surface area contributed by atoms with Gasteiger partial charge in [0.15, 0.2) is 22.9 Å². The second-order valence-corrected chi connectivity index (χ2v) is 9.16. The fourth-order valence-corrected chi connectivity index (χ4v) is 5.21. The zero-order valence-corrected chi connectivity index (χ0v) is 20.4. The summed E-state index contributed by atoms with van der Waals surface area (Å²) in [4.78, 5) is 13.1. The number of nitrogens with zero attached hydrogens (tertiary/aromatic N) is 5. The van der Waals surface area contributed by atoms with Gasteiger partial charge in [-0.1, -0.05) is 12.1 Å². The molecule has 0 aliphatic heterocycles. The van der Waals surface area contributed by atoms with E-state index >= 15 is 0 Å². The molecule has 0 spiro atoms. The Labute approximate surface area is 211 Å². The number of ether oxygens (including phenoxy) is 2. The van der Waals surface area contributed by atoms with Crippen LogP contribution in [0.1, 0.15) is 23.9 Å². The number of alkyl halides is 3. The number of benzene rings is 1. The Hall–Kier alpha value is -4.19. The molecule has 0 saturated heterocycles. The molecule has 0 amide bonds. The number of hydrogen-bond acceptors (Lipinski definition) is 8. The third-order valence-corrected chi connectivity index (χ3v) is 6.72. The van der Waals surface area contributed by atoms with Crippen LogP contribution in [-0.4, -0.2) is 31.2 Å². The molecular formula is C25H18F3N5O3S. The zero-order chi connectivity index (χ0) is 25.7. The Morgan fingerprint density at radius 3 is 2.59 bits per heavy atom. The predicted molar refractivity (Wildman–Crippen MR) is 131 cm³/mol. The number of rotatable bonds is 6. The third kappa shape index (κ3) is 4.12. The number of thiophene rings is 1. The maximum absolute atomic E-state index is 13.3. The van der Waals surface area contributed by atoms with E-state index in [1.54, 1.807) is 19.1 Å². The number of para-hydroxylation sites is 2. The summed E-state index contributed by atoms with van der Waals surface area (Å²) >= 11 is 1.10. The molecule has 0 saturated carbocycles. The largest absolute Gasteiger partial charge is 0.490 e. The van der Waals surface area contributed by atoms with Crippen LogP contribution in [0.25, 0.3) is 37.7 Å². The summed E-state index contributed by atoms with van der Waals surface area (Å²) in [5.41, 5.74) is 0.501. The second kappa shape index (κ2) is 8.73. The maximum Gasteiger partial charge on any atom is 0.433 e. The van der Waals surface area contributed by atoms with Crippen LogP contribution >= 0.6 is 11.3 Å². The lowest BCUT2D eigenvalue weighted by molar-refractivity contribution is -0.141. The summed E-state index contributed by atoms with van der Waals surface area (Å²) in [6, 6.07) is 11.9. The number of aryl methyl sites for hydroxylation is 1. The van der Waals surface area contributed by atoms with Crippen molar-refractivity contribution in [1.82, 2.24) is 24.6 Å². The first-order valence-electron chi connectivity index (χ1n) is 11.3. The van der Waals surface area contributed by atoms with E-state index in [1.165, 1.54) is 10.8 Å². The van der Waals surface area contributed by atoms with Gasteiger partial charge in [0.25, 0.3) is 0 Å². The van der Waals surface area contributed by atoms with Gasteiger partial charge < -0.3 is 13.9 Å². The maximum atomic E-state index is 13.3. The van der Waals surface area contributed by atoms with E-state index in [0.29, 0.717) is 62.3 Å². The Kier molecular flexibility index (Phi) is 5.48. The molecule has 0 N–H and O–H groups in total. The number of aromatic nitrogens is 5. The number of pyridine rings is 1. The highest BCUT2D eigenvalue weighted by Gasteiger charge is 2.33. The molecule has 0 unspecified atom stereocenters. The predicted octanol–water partition coefficient (Wildman–Crippen LogP) is 6.45. The molecule has 8 nitrogen and oxygen atoms in total. The minimum Gasteiger partial charge on any atom is -0.490 e. The van der Waals surface area contributed by atoms with Crippen LogP contribution in [-0.2, 0) is 12.8 Å². The van der Waals surface area contributed by atoms with Gasteiger partial charge in [-0.05, 0) is 49.7 Å². The molecule has 0 atom stereocenters. The summed E-state index contributed by atoms with van der Waals surface area (Å²) < 4.78 is 59.2. The van der Waals surface area contributed by atoms with E-state index in [9.17, 15) is 13.2 Å². The van der Waals surface area contributed by atoms with Crippen LogP contribution in [0.2, 0.25) is 0 Å². The fraction of sp³-hybridized carbons (Fsp3) is 0.200. The lowest BCUT2D eigenvalue weighted by atomic mass is 10.1. The van der Waals surface area contributed by atoms with Gasteiger partial charge in [-0.25, -0.2) is 19.5 Å². The molecule has 0 bridgehead atoms. The Bertz CT molecular complexity index is 1770. The normalized spacial score (nSPS) is 12.1. The van der Waals surface area contributed by atoms with Gasteiger partial charge in [0.05, 0.1) is 12.1 Å². The first kappa shape index (κ1) is 23.2. The summed E-state index contributed by atoms with van der Waals surface area (Å²) in [5.74, 6) is 2.54. The molecule has 6 aromatic rings. The van der Waals surface area contributed by atoms with Crippen molar-refractivity contribution in [3.8, 4) is 23.1 Å². The molecule has 0 aliphatic rings. The third-order valence-electron chi connectivity index (χ3n) is 5.66. The highest BCUT2D eigenvalue weighted by atomic mass is 32.1. The smallest absolute Gasteiger partial charge is 0.433 e. The molecule has 0 fully saturated rings. The van der Waals surface area contributed by atoms with E-state index in [0.717, 1.165) is 17.4 Å². The van der Waals surface area contributed by atoms with E-state index in [4.69, 9.17) is 13.9 Å². The number of furan rings is 1. The molecule has 37 heavy (non-hydrogen) atoms. The zero-order valence-electron chi connectivity index (χ0n) is 19.5. The van der Waals surface area contributed by atoms with Gasteiger partial charge in [0, 0.05) is 5.39 Å². The molecule has 0 radical (unpaired) electrons. The highest BCUT2D eigenvalue weighted by Crippen LogP contribution is 2.39. The van der Waals surface area contributed by atoms with E-state index in [1.807, 2.05) is 31.2 Å². The minimum atomic E-state index is -4.54. The molecule has 6 rings (SSSR count). The van der Waals surface area contributed by atoms with Crippen LogP contribution in [0.3, 0.4) is 0 Å². The molecule has 0 aliphatic carbocycles. The lowest BCUT2D eigenvalue weighted by Crippen LogP contribution is -2.07. The van der Waals surface area contributed by atoms with E-state index < -0.39 is 11.9 Å². The van der Waals surface area contributed by atoms with Gasteiger partial charge >= 0.3 is 6.18 Å².